The molecule has 0 fully saturated rings. The highest BCUT2D eigenvalue weighted by atomic mass is 79.9. The molecule has 0 atom stereocenters. The van der Waals surface area contributed by atoms with Gasteiger partial charge in [0.25, 0.3) is 0 Å². The Morgan fingerprint density at radius 3 is 2.94 bits per heavy atom. The second kappa shape index (κ2) is 5.80. The summed E-state index contributed by atoms with van der Waals surface area (Å²) in [6.45, 7) is 0.816. The summed E-state index contributed by atoms with van der Waals surface area (Å²) in [4.78, 5) is 11.9. The van der Waals surface area contributed by atoms with Crippen LogP contribution in [0.4, 0.5) is 5.82 Å². The maximum absolute atomic E-state index is 5.74. The Kier molecular flexibility index (Phi) is 4.36. The van der Waals surface area contributed by atoms with Crippen LogP contribution < -0.4 is 4.90 Å². The zero-order valence-corrected chi connectivity index (χ0v) is 12.4. The van der Waals surface area contributed by atoms with Crippen molar-refractivity contribution in [2.45, 2.75) is 12.4 Å². The van der Waals surface area contributed by atoms with Crippen molar-refractivity contribution in [1.82, 2.24) is 9.97 Å². The molecule has 2 aromatic rings. The average molecular weight is 333 g/mol. The normalized spacial score (nSPS) is 10.5. The second-order valence-electron chi connectivity index (χ2n) is 3.59. The van der Waals surface area contributed by atoms with E-state index in [9.17, 15) is 0 Å². The molecule has 2 heterocycles. The van der Waals surface area contributed by atoms with Crippen molar-refractivity contribution < 1.29 is 0 Å². The number of aromatic nitrogens is 2. The minimum atomic E-state index is 0.388. The van der Waals surface area contributed by atoms with E-state index in [4.69, 9.17) is 11.6 Å². The number of nitrogens with zero attached hydrogens (tertiary/aromatic N) is 3. The van der Waals surface area contributed by atoms with Gasteiger partial charge in [-0.05, 0) is 22.0 Å². The van der Waals surface area contributed by atoms with E-state index < -0.39 is 0 Å². The number of anilines is 1. The van der Waals surface area contributed by atoms with Crippen LogP contribution in [-0.2, 0) is 12.4 Å². The fourth-order valence-corrected chi connectivity index (χ4v) is 3.03. The van der Waals surface area contributed by atoms with E-state index in [-0.39, 0.29) is 0 Å². The van der Waals surface area contributed by atoms with Crippen molar-refractivity contribution in [3.05, 3.63) is 38.9 Å². The first-order valence-corrected chi connectivity index (χ1v) is 7.20. The SMILES string of the molecule is CN(Cc1cc(Br)cs1)c1cncc(CCl)n1. The molecule has 0 N–H and O–H groups in total. The van der Waals surface area contributed by atoms with Crippen molar-refractivity contribution in [3.63, 3.8) is 0 Å². The number of halogens is 2. The van der Waals surface area contributed by atoms with Gasteiger partial charge in [0.05, 0.1) is 24.3 Å². The van der Waals surface area contributed by atoms with Gasteiger partial charge in [-0.1, -0.05) is 0 Å². The Bertz CT molecular complexity index is 503. The first-order valence-electron chi connectivity index (χ1n) is 5.00. The van der Waals surface area contributed by atoms with Gasteiger partial charge in [-0.15, -0.1) is 22.9 Å². The van der Waals surface area contributed by atoms with Gasteiger partial charge in [0, 0.05) is 28.0 Å². The molecule has 2 rings (SSSR count). The lowest BCUT2D eigenvalue weighted by atomic mass is 10.4. The molecule has 6 heteroatoms. The number of hydrogen-bond donors (Lipinski definition) is 0. The lowest BCUT2D eigenvalue weighted by molar-refractivity contribution is 0.892. The van der Waals surface area contributed by atoms with E-state index in [2.05, 4.69) is 42.2 Å². The molecular weight excluding hydrogens is 322 g/mol. The molecule has 0 aliphatic carbocycles. The highest BCUT2D eigenvalue weighted by Gasteiger charge is 2.06. The van der Waals surface area contributed by atoms with Crippen molar-refractivity contribution in [2.75, 3.05) is 11.9 Å². The largest absolute Gasteiger partial charge is 0.353 e. The molecule has 90 valence electrons. The van der Waals surface area contributed by atoms with Crippen LogP contribution in [0.5, 0.6) is 0 Å². The van der Waals surface area contributed by atoms with Crippen LogP contribution in [0.25, 0.3) is 0 Å². The van der Waals surface area contributed by atoms with Crippen molar-refractivity contribution in [3.8, 4) is 0 Å². The van der Waals surface area contributed by atoms with E-state index in [0.29, 0.717) is 5.88 Å². The molecule has 0 radical (unpaired) electrons. The Balaban J connectivity index is 2.11. The van der Waals surface area contributed by atoms with Crippen LogP contribution in [0.2, 0.25) is 0 Å². The minimum absolute atomic E-state index is 0.388. The minimum Gasteiger partial charge on any atom is -0.353 e. The zero-order valence-electron chi connectivity index (χ0n) is 9.23. The Labute approximate surface area is 118 Å². The lowest BCUT2D eigenvalue weighted by Gasteiger charge is -2.17. The number of hydrogen-bond acceptors (Lipinski definition) is 4. The van der Waals surface area contributed by atoms with Gasteiger partial charge in [-0.25, -0.2) is 4.98 Å². The maximum Gasteiger partial charge on any atom is 0.147 e. The predicted octanol–water partition coefficient (Wildman–Crippen LogP) is 3.68. The van der Waals surface area contributed by atoms with Crippen molar-refractivity contribution in [1.29, 1.82) is 0 Å². The highest BCUT2D eigenvalue weighted by molar-refractivity contribution is 9.10. The Morgan fingerprint density at radius 2 is 2.29 bits per heavy atom. The average Bonchev–Trinajstić information content (AvgIpc) is 2.75. The molecule has 0 bridgehead atoms. The third-order valence-electron chi connectivity index (χ3n) is 2.21. The number of alkyl halides is 1. The lowest BCUT2D eigenvalue weighted by Crippen LogP contribution is -2.17. The monoisotopic (exact) mass is 331 g/mol. The van der Waals surface area contributed by atoms with Crippen molar-refractivity contribution >= 4 is 44.7 Å². The molecule has 0 unspecified atom stereocenters. The van der Waals surface area contributed by atoms with Gasteiger partial charge in [0.15, 0.2) is 0 Å². The predicted molar refractivity (Wildman–Crippen MR) is 75.7 cm³/mol. The van der Waals surface area contributed by atoms with Crippen LogP contribution in [0.1, 0.15) is 10.6 Å². The second-order valence-corrected chi connectivity index (χ2v) is 5.77. The van der Waals surface area contributed by atoms with Gasteiger partial charge in [-0.2, -0.15) is 0 Å². The van der Waals surface area contributed by atoms with E-state index in [0.717, 1.165) is 22.5 Å². The van der Waals surface area contributed by atoms with Gasteiger partial charge in [0.2, 0.25) is 0 Å². The molecule has 2 aromatic heterocycles. The summed E-state index contributed by atoms with van der Waals surface area (Å²) < 4.78 is 1.12. The van der Waals surface area contributed by atoms with Gasteiger partial charge in [0.1, 0.15) is 5.82 Å². The maximum atomic E-state index is 5.74. The quantitative estimate of drug-likeness (QED) is 0.800. The first kappa shape index (κ1) is 12.8. The standard InChI is InChI=1S/C11H11BrClN3S/c1-16(6-10-2-8(12)7-17-10)11-5-14-4-9(3-13)15-11/h2,4-5,7H,3,6H2,1H3. The molecule has 3 nitrogen and oxygen atoms in total. The Morgan fingerprint density at radius 1 is 1.47 bits per heavy atom. The van der Waals surface area contributed by atoms with Crippen LogP contribution in [0.3, 0.4) is 0 Å². The fourth-order valence-electron chi connectivity index (χ4n) is 1.39. The number of rotatable bonds is 4. The summed E-state index contributed by atoms with van der Waals surface area (Å²) >= 11 is 10.9. The summed E-state index contributed by atoms with van der Waals surface area (Å²) in [5, 5.41) is 2.07. The zero-order chi connectivity index (χ0) is 12.3. The molecule has 0 saturated heterocycles. The fraction of sp³-hybridized carbons (Fsp3) is 0.273. The summed E-state index contributed by atoms with van der Waals surface area (Å²) in [6, 6.07) is 2.11. The van der Waals surface area contributed by atoms with E-state index in [1.54, 1.807) is 23.7 Å². The smallest absolute Gasteiger partial charge is 0.147 e. The summed E-state index contributed by atoms with van der Waals surface area (Å²) in [6.07, 6.45) is 3.44. The van der Waals surface area contributed by atoms with Gasteiger partial charge < -0.3 is 4.90 Å². The van der Waals surface area contributed by atoms with Gasteiger partial charge in [-0.3, -0.25) is 4.98 Å². The van der Waals surface area contributed by atoms with Crippen LogP contribution in [0.15, 0.2) is 28.3 Å². The third kappa shape index (κ3) is 3.40. The first-order chi connectivity index (χ1) is 8.19. The highest BCUT2D eigenvalue weighted by Crippen LogP contribution is 2.22. The molecule has 0 saturated carbocycles. The summed E-state index contributed by atoms with van der Waals surface area (Å²) in [7, 11) is 2.00. The Hall–Kier alpha value is -0.650. The molecule has 0 aliphatic heterocycles. The molecule has 0 aromatic carbocycles. The van der Waals surface area contributed by atoms with E-state index >= 15 is 0 Å². The summed E-state index contributed by atoms with van der Waals surface area (Å²) in [5.74, 6) is 1.23. The molecular formula is C11H11BrClN3S. The van der Waals surface area contributed by atoms with Gasteiger partial charge >= 0.3 is 0 Å². The summed E-state index contributed by atoms with van der Waals surface area (Å²) in [5.41, 5.74) is 0.795. The molecule has 0 aliphatic rings. The van der Waals surface area contributed by atoms with Crippen LogP contribution >= 0.6 is 38.9 Å². The third-order valence-corrected chi connectivity index (χ3v) is 4.17. The molecule has 17 heavy (non-hydrogen) atoms. The van der Waals surface area contributed by atoms with Crippen LogP contribution in [0, 0.1) is 0 Å². The van der Waals surface area contributed by atoms with Crippen molar-refractivity contribution in [2.24, 2.45) is 0 Å². The van der Waals surface area contributed by atoms with Crippen LogP contribution in [-0.4, -0.2) is 17.0 Å². The topological polar surface area (TPSA) is 29.0 Å². The molecule has 0 amide bonds. The van der Waals surface area contributed by atoms with E-state index in [1.165, 1.54) is 4.88 Å². The number of thiophene rings is 1. The molecule has 0 spiro atoms. The van der Waals surface area contributed by atoms with E-state index in [1.807, 2.05) is 7.05 Å².